The Balaban J connectivity index is 0.000000123. The summed E-state index contributed by atoms with van der Waals surface area (Å²) in [4.78, 5) is 95.9. The number of esters is 5. The van der Waals surface area contributed by atoms with E-state index in [0.717, 1.165) is 34.0 Å². The number of ether oxygens (including phenoxy) is 5. The first-order chi connectivity index (χ1) is 49.0. The number of anilines is 1. The number of cyclic esters (lactones) is 5. The predicted molar refractivity (Wildman–Crippen MR) is 380 cm³/mol. The third-order valence-corrected chi connectivity index (χ3v) is 18.7. The maximum atomic E-state index is 14.1. The molecule has 536 valence electrons. The van der Waals surface area contributed by atoms with Crippen LogP contribution in [0.4, 0.5) is 14.5 Å². The zero-order valence-electron chi connectivity index (χ0n) is 58.2. The van der Waals surface area contributed by atoms with Crippen LogP contribution >= 0.6 is 46.4 Å². The number of nitriles is 1. The number of amides is 1. The van der Waals surface area contributed by atoms with Gasteiger partial charge in [0.25, 0.3) is 0 Å². The quantitative estimate of drug-likeness (QED) is 0.114. The summed E-state index contributed by atoms with van der Waals surface area (Å²) >= 11 is 23.6. The number of hydrogen-bond donors (Lipinski definition) is 0. The van der Waals surface area contributed by atoms with Gasteiger partial charge < -0.3 is 28.6 Å². The summed E-state index contributed by atoms with van der Waals surface area (Å²) in [5.74, 6) is -3.08. The van der Waals surface area contributed by atoms with Gasteiger partial charge in [0.2, 0.25) is 5.91 Å². The molecule has 0 radical (unpaired) electrons. The monoisotopic (exact) mass is 1490 g/mol. The Hall–Kier alpha value is -10.5. The number of imidazole rings is 5. The number of hydrogen-bond acceptors (Lipinski definition) is 17. The van der Waals surface area contributed by atoms with E-state index in [2.05, 4.69) is 24.9 Å². The van der Waals surface area contributed by atoms with Crippen LogP contribution in [0, 0.1) is 23.0 Å². The van der Waals surface area contributed by atoms with Gasteiger partial charge in [-0.3, -0.25) is 27.6 Å². The fraction of sp³-hybridized carbons (Fsp3) is 0.307. The molecule has 6 aliphatic rings. The van der Waals surface area contributed by atoms with Crippen LogP contribution < -0.4 is 4.90 Å². The van der Waals surface area contributed by atoms with Crippen molar-refractivity contribution in [3.63, 3.8) is 0 Å². The first-order valence-electron chi connectivity index (χ1n) is 32.7. The largest absolute Gasteiger partial charge is 0.455 e. The van der Waals surface area contributed by atoms with Gasteiger partial charge in [0.05, 0.1) is 55.5 Å². The van der Waals surface area contributed by atoms with Crippen molar-refractivity contribution >= 4 is 87.8 Å². The van der Waals surface area contributed by atoms with Crippen molar-refractivity contribution in [1.29, 1.82) is 5.26 Å². The van der Waals surface area contributed by atoms with Crippen molar-refractivity contribution in [1.82, 2.24) is 47.8 Å². The average Bonchev–Trinajstić information content (AvgIpc) is 1.55. The van der Waals surface area contributed by atoms with Crippen LogP contribution in [0.25, 0.3) is 28.4 Å². The van der Waals surface area contributed by atoms with Gasteiger partial charge in [-0.1, -0.05) is 58.5 Å². The van der Waals surface area contributed by atoms with E-state index in [1.54, 1.807) is 87.1 Å². The normalized spacial score (nSPS) is 17.1. The van der Waals surface area contributed by atoms with E-state index in [1.165, 1.54) is 46.1 Å². The number of aromatic nitrogens is 10. The Morgan fingerprint density at radius 3 is 1.22 bits per heavy atom. The molecule has 23 nitrogen and oxygen atoms in total. The van der Waals surface area contributed by atoms with Crippen LogP contribution in [-0.4, -0.2) is 119 Å². The summed E-state index contributed by atoms with van der Waals surface area (Å²) in [6, 6.07) is 29.1. The number of rotatable bonds is 5. The Bertz CT molecular complexity index is 5070. The standard InChI is InChI=1S/C18H19N3O3.C15H12ClN3O2.2C14H12ClFN2O2.C14H13ClN2O2/c1-18(2)9-13-16(17(23)24-18)21(10-19-13)12-5-6-14-11(8-12)4-7-15(22)20(14)3;1-15(2)6-12-13(14(20)21-15)19(8-18-12)10-4-3-9(7-17)11(16)5-10;1-14(2)6-9-12(13(19)20-14)18(7-17-9)10-5-3-4-8(16)11(10)15;1-14(2)6-9-12(13(19)20-14)18(7-17-9)10-5-3-4-8(15)11(10)16;1-14(2)7-11-12(13(18)19-14)17(8-16-11)10-5-3-9(15)4-6-10/h5-6,8,10H,4,7,9H2,1-3H3;3-5,8H,6H2,1-2H3;2*3-5,7H,6H2,1-2H3;3-6,8H,7H2,1-2H3. The smallest absolute Gasteiger partial charge is 0.357 e. The summed E-state index contributed by atoms with van der Waals surface area (Å²) in [6.45, 7) is 18.5. The molecule has 0 aliphatic carbocycles. The molecule has 6 aliphatic heterocycles. The zero-order chi connectivity index (χ0) is 74.9. The molecule has 0 unspecified atom stereocenters. The molecule has 1 amide bonds. The van der Waals surface area contributed by atoms with Gasteiger partial charge in [0, 0.05) is 73.3 Å². The fourth-order valence-electron chi connectivity index (χ4n) is 12.8. The third-order valence-electron chi connectivity index (χ3n) is 17.5. The van der Waals surface area contributed by atoms with E-state index in [-0.39, 0.29) is 39.3 Å². The Labute approximate surface area is 615 Å². The number of fused-ring (bicyclic) bond motifs is 6. The van der Waals surface area contributed by atoms with Crippen molar-refractivity contribution in [2.75, 3.05) is 11.9 Å². The van der Waals surface area contributed by atoms with E-state index in [1.807, 2.05) is 106 Å². The average molecular weight is 1490 g/mol. The molecule has 10 aromatic rings. The zero-order valence-corrected chi connectivity index (χ0v) is 61.2. The number of carbonyl (C=O) groups excluding carboxylic acids is 6. The number of aryl methyl sites for hydroxylation is 1. The molecule has 0 saturated heterocycles. The lowest BCUT2D eigenvalue weighted by atomic mass is 9.98. The Morgan fingerprint density at radius 1 is 0.423 bits per heavy atom. The second-order valence-corrected chi connectivity index (χ2v) is 30.0. The van der Waals surface area contributed by atoms with E-state index < -0.39 is 57.5 Å². The summed E-state index contributed by atoms with van der Waals surface area (Å²) in [7, 11) is 1.79. The molecule has 0 bridgehead atoms. The SMILES string of the molecule is CC1(C)Cc2ncn(-c3ccc(C#N)c(Cl)c3)c2C(=O)O1.CC1(C)Cc2ncn(-c3ccc(Cl)cc3)c2C(=O)O1.CC1(C)Cc2ncn(-c3cccc(Cl)c3F)c2C(=O)O1.CC1(C)Cc2ncn(-c3cccc(F)c3Cl)c2C(=O)O1.CN1C(=O)CCc2cc(-n3cnc4c3C(=O)OC(C)(C)C4)ccc21. The van der Waals surface area contributed by atoms with Gasteiger partial charge in [-0.25, -0.2) is 57.7 Å². The van der Waals surface area contributed by atoms with Gasteiger partial charge in [-0.15, -0.1) is 0 Å². The highest BCUT2D eigenvalue weighted by atomic mass is 35.5. The lowest BCUT2D eigenvalue weighted by molar-refractivity contribution is -0.118. The van der Waals surface area contributed by atoms with Gasteiger partial charge in [0.15, 0.2) is 34.3 Å². The van der Waals surface area contributed by atoms with Crippen LogP contribution in [0.2, 0.25) is 20.1 Å². The molecule has 16 rings (SSSR count). The van der Waals surface area contributed by atoms with Crippen molar-refractivity contribution in [2.24, 2.45) is 0 Å². The van der Waals surface area contributed by atoms with Crippen LogP contribution in [-0.2, 0) is 67.0 Å². The first kappa shape index (κ1) is 73.2. The fourth-order valence-corrected chi connectivity index (χ4v) is 13.5. The molecule has 0 saturated carbocycles. The highest BCUT2D eigenvalue weighted by Crippen LogP contribution is 2.37. The molecular formula is C75H68Cl4F2N12O11. The molecule has 0 N–H and O–H groups in total. The van der Waals surface area contributed by atoms with Crippen molar-refractivity contribution in [2.45, 2.75) is 142 Å². The van der Waals surface area contributed by atoms with E-state index in [9.17, 15) is 37.5 Å². The molecule has 0 spiro atoms. The van der Waals surface area contributed by atoms with Crippen molar-refractivity contribution in [3.8, 4) is 34.5 Å². The highest BCUT2D eigenvalue weighted by Gasteiger charge is 2.41. The Kier molecular flexibility index (Phi) is 19.7. The highest BCUT2D eigenvalue weighted by molar-refractivity contribution is 6.33. The number of halogens is 6. The van der Waals surface area contributed by atoms with Gasteiger partial charge in [-0.05, 0) is 166 Å². The van der Waals surface area contributed by atoms with Gasteiger partial charge in [0.1, 0.15) is 76.6 Å². The van der Waals surface area contributed by atoms with E-state index in [0.29, 0.717) is 112 Å². The van der Waals surface area contributed by atoms with Gasteiger partial charge in [-0.2, -0.15) is 5.26 Å². The third kappa shape index (κ3) is 15.0. The molecule has 0 fully saturated rings. The summed E-state index contributed by atoms with van der Waals surface area (Å²) < 4.78 is 62.7. The van der Waals surface area contributed by atoms with E-state index >= 15 is 0 Å². The lowest BCUT2D eigenvalue weighted by Crippen LogP contribution is -2.36. The number of carbonyl (C=O) groups is 6. The predicted octanol–water partition coefficient (Wildman–Crippen LogP) is 14.5. The molecular weight excluding hydrogens is 1420 g/mol. The van der Waals surface area contributed by atoms with E-state index in [4.69, 9.17) is 75.3 Å². The first-order valence-corrected chi connectivity index (χ1v) is 34.2. The van der Waals surface area contributed by atoms with Crippen LogP contribution in [0.1, 0.15) is 168 Å². The van der Waals surface area contributed by atoms with Crippen LogP contribution in [0.3, 0.4) is 0 Å². The lowest BCUT2D eigenvalue weighted by Gasteiger charge is -2.29. The molecule has 0 atom stereocenters. The van der Waals surface area contributed by atoms with Crippen LogP contribution in [0.15, 0.2) is 129 Å². The Morgan fingerprint density at radius 2 is 0.788 bits per heavy atom. The number of nitrogens with zero attached hydrogens (tertiary/aromatic N) is 12. The minimum Gasteiger partial charge on any atom is -0.455 e. The minimum atomic E-state index is -0.601. The summed E-state index contributed by atoms with van der Waals surface area (Å²) in [5, 5.41) is 9.84. The molecule has 29 heteroatoms. The topological polar surface area (TPSA) is 265 Å². The molecule has 104 heavy (non-hydrogen) atoms. The number of benzene rings is 5. The summed E-state index contributed by atoms with van der Waals surface area (Å²) in [5.41, 5.74) is 8.02. The molecule has 11 heterocycles. The van der Waals surface area contributed by atoms with Crippen molar-refractivity contribution in [3.05, 3.63) is 228 Å². The van der Waals surface area contributed by atoms with Gasteiger partial charge >= 0.3 is 29.8 Å². The second-order valence-electron chi connectivity index (χ2n) is 28.3. The van der Waals surface area contributed by atoms with Crippen molar-refractivity contribution < 1.29 is 61.2 Å². The second kappa shape index (κ2) is 27.9. The van der Waals surface area contributed by atoms with Crippen LogP contribution in [0.5, 0.6) is 0 Å². The maximum absolute atomic E-state index is 14.1. The minimum absolute atomic E-state index is 0.00513. The maximum Gasteiger partial charge on any atom is 0.357 e. The summed E-state index contributed by atoms with van der Waals surface area (Å²) in [6.07, 6.45) is 11.8. The molecule has 5 aromatic carbocycles. The molecule has 5 aromatic heterocycles.